The molecule has 1 aliphatic rings. The Morgan fingerprint density at radius 2 is 1.59 bits per heavy atom. The number of rotatable bonds is 5. The van der Waals surface area contributed by atoms with Gasteiger partial charge in [0.1, 0.15) is 0 Å². The van der Waals surface area contributed by atoms with E-state index in [0.717, 1.165) is 25.7 Å². The minimum atomic E-state index is -3.53. The SMILES string of the molecule is CN(C1CCCCC1)S(=O)(=O)c1ccc(NC(=O)c2ccc(Cl)cc2)cc1. The monoisotopic (exact) mass is 406 g/mol. The van der Waals surface area contributed by atoms with Gasteiger partial charge in [0.25, 0.3) is 5.91 Å². The first-order chi connectivity index (χ1) is 12.9. The van der Waals surface area contributed by atoms with Crippen LogP contribution in [0.4, 0.5) is 5.69 Å². The van der Waals surface area contributed by atoms with Gasteiger partial charge < -0.3 is 5.32 Å². The average molecular weight is 407 g/mol. The summed E-state index contributed by atoms with van der Waals surface area (Å²) in [5.74, 6) is -0.276. The van der Waals surface area contributed by atoms with Crippen LogP contribution in [-0.2, 0) is 10.0 Å². The summed E-state index contributed by atoms with van der Waals surface area (Å²) in [4.78, 5) is 12.5. The molecule has 27 heavy (non-hydrogen) atoms. The first-order valence-electron chi connectivity index (χ1n) is 9.03. The number of hydrogen-bond acceptors (Lipinski definition) is 3. The first-order valence-corrected chi connectivity index (χ1v) is 10.8. The van der Waals surface area contributed by atoms with E-state index in [0.29, 0.717) is 16.3 Å². The van der Waals surface area contributed by atoms with Crippen LogP contribution in [0, 0.1) is 0 Å². The Kier molecular flexibility index (Phi) is 6.19. The lowest BCUT2D eigenvalue weighted by Crippen LogP contribution is -2.38. The second-order valence-electron chi connectivity index (χ2n) is 6.80. The molecule has 0 bridgehead atoms. The highest BCUT2D eigenvalue weighted by Gasteiger charge is 2.28. The number of hydrogen-bond donors (Lipinski definition) is 1. The van der Waals surface area contributed by atoms with Gasteiger partial charge in [-0.25, -0.2) is 8.42 Å². The molecule has 144 valence electrons. The molecule has 2 aromatic carbocycles. The van der Waals surface area contributed by atoms with E-state index in [9.17, 15) is 13.2 Å². The summed E-state index contributed by atoms with van der Waals surface area (Å²) in [6.45, 7) is 0. The van der Waals surface area contributed by atoms with Crippen molar-refractivity contribution in [3.63, 3.8) is 0 Å². The molecule has 0 heterocycles. The smallest absolute Gasteiger partial charge is 0.255 e. The molecule has 0 unspecified atom stereocenters. The molecule has 7 heteroatoms. The van der Waals surface area contributed by atoms with Gasteiger partial charge in [-0.1, -0.05) is 30.9 Å². The fourth-order valence-corrected chi connectivity index (χ4v) is 4.86. The summed E-state index contributed by atoms with van der Waals surface area (Å²) in [6.07, 6.45) is 5.13. The largest absolute Gasteiger partial charge is 0.322 e. The van der Waals surface area contributed by atoms with E-state index in [1.807, 2.05) is 0 Å². The molecule has 0 saturated heterocycles. The number of amides is 1. The Balaban J connectivity index is 1.70. The molecule has 1 amide bonds. The lowest BCUT2D eigenvalue weighted by molar-refractivity contribution is 0.102. The van der Waals surface area contributed by atoms with E-state index in [4.69, 9.17) is 11.6 Å². The zero-order valence-electron chi connectivity index (χ0n) is 15.2. The maximum atomic E-state index is 12.8. The Morgan fingerprint density at radius 1 is 1.00 bits per heavy atom. The van der Waals surface area contributed by atoms with Crippen LogP contribution in [0.1, 0.15) is 42.5 Å². The minimum Gasteiger partial charge on any atom is -0.322 e. The number of nitrogens with one attached hydrogen (secondary N) is 1. The van der Waals surface area contributed by atoms with Crippen LogP contribution in [0.5, 0.6) is 0 Å². The topological polar surface area (TPSA) is 66.5 Å². The van der Waals surface area contributed by atoms with E-state index in [2.05, 4.69) is 5.32 Å². The van der Waals surface area contributed by atoms with Crippen LogP contribution in [0.2, 0.25) is 5.02 Å². The summed E-state index contributed by atoms with van der Waals surface area (Å²) in [6, 6.07) is 12.9. The van der Waals surface area contributed by atoms with Crippen LogP contribution in [0.25, 0.3) is 0 Å². The molecule has 0 radical (unpaired) electrons. The van der Waals surface area contributed by atoms with Gasteiger partial charge in [-0.15, -0.1) is 0 Å². The van der Waals surface area contributed by atoms with Gasteiger partial charge in [0.05, 0.1) is 4.90 Å². The minimum absolute atomic E-state index is 0.0630. The summed E-state index contributed by atoms with van der Waals surface area (Å²) < 4.78 is 27.2. The van der Waals surface area contributed by atoms with Gasteiger partial charge in [-0.2, -0.15) is 4.31 Å². The third-order valence-corrected chi connectivity index (χ3v) is 7.16. The van der Waals surface area contributed by atoms with Crippen LogP contribution >= 0.6 is 11.6 Å². The van der Waals surface area contributed by atoms with Crippen molar-refractivity contribution >= 4 is 33.2 Å². The fraction of sp³-hybridized carbons (Fsp3) is 0.350. The third kappa shape index (κ3) is 4.69. The van der Waals surface area contributed by atoms with Crippen molar-refractivity contribution in [1.29, 1.82) is 0 Å². The molecule has 0 aliphatic heterocycles. The van der Waals surface area contributed by atoms with E-state index in [1.165, 1.54) is 22.9 Å². The zero-order chi connectivity index (χ0) is 19.4. The molecule has 5 nitrogen and oxygen atoms in total. The predicted molar refractivity (Wildman–Crippen MR) is 108 cm³/mol. The lowest BCUT2D eigenvalue weighted by Gasteiger charge is -2.30. The van der Waals surface area contributed by atoms with Gasteiger partial charge in [0, 0.05) is 29.4 Å². The van der Waals surface area contributed by atoms with Gasteiger partial charge >= 0.3 is 0 Å². The molecule has 3 rings (SSSR count). The van der Waals surface area contributed by atoms with Gasteiger partial charge in [0.15, 0.2) is 0 Å². The predicted octanol–water partition coefficient (Wildman–Crippen LogP) is 4.55. The quantitative estimate of drug-likeness (QED) is 0.792. The highest BCUT2D eigenvalue weighted by atomic mass is 35.5. The van der Waals surface area contributed by atoms with Crippen LogP contribution in [0.15, 0.2) is 53.4 Å². The van der Waals surface area contributed by atoms with Crippen LogP contribution in [-0.4, -0.2) is 31.7 Å². The fourth-order valence-electron chi connectivity index (χ4n) is 3.32. The lowest BCUT2D eigenvalue weighted by atomic mass is 9.96. The van der Waals surface area contributed by atoms with Crippen molar-refractivity contribution in [2.45, 2.75) is 43.0 Å². The Hall–Kier alpha value is -1.89. The zero-order valence-corrected chi connectivity index (χ0v) is 16.8. The number of carbonyl (C=O) groups is 1. The van der Waals surface area contributed by atoms with Gasteiger partial charge in [-0.05, 0) is 61.4 Å². The molecular formula is C20H23ClN2O3S. The molecule has 1 N–H and O–H groups in total. The van der Waals surface area contributed by atoms with Crippen molar-refractivity contribution in [3.05, 3.63) is 59.1 Å². The normalized spacial score (nSPS) is 15.7. The van der Waals surface area contributed by atoms with Crippen molar-refractivity contribution in [2.75, 3.05) is 12.4 Å². The number of sulfonamides is 1. The standard InChI is InChI=1S/C20H23ClN2O3S/c1-23(18-5-3-2-4-6-18)27(25,26)19-13-11-17(12-14-19)22-20(24)15-7-9-16(21)10-8-15/h7-14,18H,2-6H2,1H3,(H,22,24). The average Bonchev–Trinajstić information content (AvgIpc) is 2.69. The number of nitrogens with zero attached hydrogens (tertiary/aromatic N) is 1. The van der Waals surface area contributed by atoms with Gasteiger partial charge in [-0.3, -0.25) is 4.79 Å². The summed E-state index contributed by atoms with van der Waals surface area (Å²) in [7, 11) is -1.88. The number of benzene rings is 2. The molecule has 1 saturated carbocycles. The maximum absolute atomic E-state index is 12.8. The second-order valence-corrected chi connectivity index (χ2v) is 9.23. The second kappa shape index (κ2) is 8.42. The number of halogens is 1. The first kappa shape index (κ1) is 19.9. The highest BCUT2D eigenvalue weighted by Crippen LogP contribution is 2.27. The molecule has 0 spiro atoms. The van der Waals surface area contributed by atoms with Crippen molar-refractivity contribution in [3.8, 4) is 0 Å². The summed E-state index contributed by atoms with van der Waals surface area (Å²) in [5, 5.41) is 3.32. The Bertz CT molecular complexity index is 890. The highest BCUT2D eigenvalue weighted by molar-refractivity contribution is 7.89. The number of anilines is 1. The van der Waals surface area contributed by atoms with Crippen molar-refractivity contribution in [1.82, 2.24) is 4.31 Å². The molecular weight excluding hydrogens is 384 g/mol. The van der Waals surface area contributed by atoms with E-state index in [1.54, 1.807) is 43.4 Å². The molecule has 0 aromatic heterocycles. The number of carbonyl (C=O) groups excluding carboxylic acids is 1. The Labute approximate surface area is 165 Å². The van der Waals surface area contributed by atoms with E-state index >= 15 is 0 Å². The van der Waals surface area contributed by atoms with Gasteiger partial charge in [0.2, 0.25) is 10.0 Å². The van der Waals surface area contributed by atoms with E-state index < -0.39 is 10.0 Å². The van der Waals surface area contributed by atoms with Crippen molar-refractivity contribution in [2.24, 2.45) is 0 Å². The summed E-state index contributed by atoms with van der Waals surface area (Å²) >= 11 is 5.83. The maximum Gasteiger partial charge on any atom is 0.255 e. The van der Waals surface area contributed by atoms with E-state index in [-0.39, 0.29) is 16.8 Å². The molecule has 0 atom stereocenters. The Morgan fingerprint density at radius 3 is 2.19 bits per heavy atom. The molecule has 1 aliphatic carbocycles. The molecule has 2 aromatic rings. The molecule has 1 fully saturated rings. The summed E-state index contributed by atoms with van der Waals surface area (Å²) in [5.41, 5.74) is 1.02. The van der Waals surface area contributed by atoms with Crippen LogP contribution in [0.3, 0.4) is 0 Å². The third-order valence-electron chi connectivity index (χ3n) is 4.98. The van der Waals surface area contributed by atoms with Crippen LogP contribution < -0.4 is 5.32 Å². The van der Waals surface area contributed by atoms with Crippen molar-refractivity contribution < 1.29 is 13.2 Å².